The van der Waals surface area contributed by atoms with Gasteiger partial charge < -0.3 is 5.11 Å². The van der Waals surface area contributed by atoms with Crippen LogP contribution < -0.4 is 4.72 Å². The molecule has 1 fully saturated rings. The van der Waals surface area contributed by atoms with Crippen molar-refractivity contribution in [2.75, 3.05) is 25.1 Å². The summed E-state index contributed by atoms with van der Waals surface area (Å²) in [6.45, 7) is 0.136. The fraction of sp³-hybridized carbons (Fsp3) is 0.900. The quantitative estimate of drug-likeness (QED) is 0.590. The highest BCUT2D eigenvalue weighted by Gasteiger charge is 2.36. The lowest BCUT2D eigenvalue weighted by Gasteiger charge is -2.31. The highest BCUT2D eigenvalue weighted by Crippen LogP contribution is 2.19. The van der Waals surface area contributed by atoms with Crippen molar-refractivity contribution in [3.8, 4) is 0 Å². The monoisotopic (exact) mass is 328 g/mol. The SMILES string of the molecule is CS(=O)(=O)CCCNS(=O)(=O)N1CCCCC1C(=O)O. The molecular weight excluding hydrogens is 308 g/mol. The molecule has 118 valence electrons. The molecule has 1 saturated heterocycles. The minimum atomic E-state index is -3.89. The van der Waals surface area contributed by atoms with Gasteiger partial charge in [0.1, 0.15) is 15.9 Å². The number of rotatable bonds is 7. The normalized spacial score (nSPS) is 21.8. The smallest absolute Gasteiger partial charge is 0.322 e. The molecule has 0 saturated carbocycles. The number of carboxylic acids is 1. The molecule has 0 spiro atoms. The van der Waals surface area contributed by atoms with E-state index in [9.17, 15) is 21.6 Å². The average Bonchev–Trinajstić information content (AvgIpc) is 2.33. The van der Waals surface area contributed by atoms with Gasteiger partial charge in [-0.05, 0) is 25.7 Å². The van der Waals surface area contributed by atoms with E-state index in [0.29, 0.717) is 19.3 Å². The van der Waals surface area contributed by atoms with Crippen LogP contribution >= 0.6 is 0 Å². The summed E-state index contributed by atoms with van der Waals surface area (Å²) in [5.74, 6) is -1.27. The maximum Gasteiger partial charge on any atom is 0.322 e. The van der Waals surface area contributed by atoms with Crippen LogP contribution in [0.4, 0.5) is 0 Å². The summed E-state index contributed by atoms with van der Waals surface area (Å²) in [5, 5.41) is 9.04. The van der Waals surface area contributed by atoms with Crippen LogP contribution in [-0.4, -0.2) is 63.4 Å². The van der Waals surface area contributed by atoms with E-state index in [0.717, 1.165) is 10.6 Å². The lowest BCUT2D eigenvalue weighted by molar-refractivity contribution is -0.142. The van der Waals surface area contributed by atoms with Crippen LogP contribution in [0, 0.1) is 0 Å². The van der Waals surface area contributed by atoms with Crippen molar-refractivity contribution < 1.29 is 26.7 Å². The van der Waals surface area contributed by atoms with E-state index < -0.39 is 32.1 Å². The van der Waals surface area contributed by atoms with Gasteiger partial charge in [-0.3, -0.25) is 4.79 Å². The summed E-state index contributed by atoms with van der Waals surface area (Å²) >= 11 is 0. The molecule has 0 aliphatic carbocycles. The molecule has 8 nitrogen and oxygen atoms in total. The van der Waals surface area contributed by atoms with E-state index >= 15 is 0 Å². The van der Waals surface area contributed by atoms with E-state index in [2.05, 4.69) is 4.72 Å². The predicted molar refractivity (Wildman–Crippen MR) is 73.2 cm³/mol. The van der Waals surface area contributed by atoms with Crippen LogP contribution in [0.1, 0.15) is 25.7 Å². The van der Waals surface area contributed by atoms with Gasteiger partial charge in [-0.1, -0.05) is 0 Å². The van der Waals surface area contributed by atoms with Crippen LogP contribution in [0.5, 0.6) is 0 Å². The minimum absolute atomic E-state index is 0.0295. The molecule has 0 aromatic heterocycles. The minimum Gasteiger partial charge on any atom is -0.480 e. The van der Waals surface area contributed by atoms with Crippen LogP contribution in [0.2, 0.25) is 0 Å². The summed E-state index contributed by atoms with van der Waals surface area (Å²) in [4.78, 5) is 11.1. The number of nitrogens with zero attached hydrogens (tertiary/aromatic N) is 1. The zero-order valence-electron chi connectivity index (χ0n) is 11.3. The lowest BCUT2D eigenvalue weighted by atomic mass is 10.1. The van der Waals surface area contributed by atoms with E-state index in [-0.39, 0.29) is 25.3 Å². The van der Waals surface area contributed by atoms with Gasteiger partial charge in [0.2, 0.25) is 0 Å². The highest BCUT2D eigenvalue weighted by atomic mass is 32.2. The fourth-order valence-corrected chi connectivity index (χ4v) is 4.19. The van der Waals surface area contributed by atoms with Crippen molar-refractivity contribution in [1.82, 2.24) is 9.03 Å². The van der Waals surface area contributed by atoms with E-state index in [1.807, 2.05) is 0 Å². The van der Waals surface area contributed by atoms with Crippen molar-refractivity contribution in [2.24, 2.45) is 0 Å². The number of hydrogen-bond donors (Lipinski definition) is 2. The molecule has 10 heteroatoms. The molecule has 0 bridgehead atoms. The number of piperidine rings is 1. The first kappa shape index (κ1) is 17.3. The summed E-state index contributed by atoms with van der Waals surface area (Å²) in [5.41, 5.74) is 0. The van der Waals surface area contributed by atoms with Crippen LogP contribution in [-0.2, 0) is 24.8 Å². The third-order valence-corrected chi connectivity index (χ3v) is 5.68. The van der Waals surface area contributed by atoms with Crippen LogP contribution in [0.3, 0.4) is 0 Å². The molecule has 0 aromatic carbocycles. The van der Waals surface area contributed by atoms with Crippen molar-refractivity contribution in [3.63, 3.8) is 0 Å². The summed E-state index contributed by atoms with van der Waals surface area (Å²) in [7, 11) is -7.02. The Kier molecular flexibility index (Phi) is 5.92. The van der Waals surface area contributed by atoms with Gasteiger partial charge in [-0.15, -0.1) is 0 Å². The Morgan fingerprint density at radius 3 is 2.50 bits per heavy atom. The first-order chi connectivity index (χ1) is 9.13. The third kappa shape index (κ3) is 5.35. The van der Waals surface area contributed by atoms with Gasteiger partial charge in [0.15, 0.2) is 0 Å². The van der Waals surface area contributed by atoms with Crippen LogP contribution in [0.15, 0.2) is 0 Å². The second kappa shape index (κ2) is 6.83. The summed E-state index contributed by atoms with van der Waals surface area (Å²) in [6.07, 6.45) is 2.82. The van der Waals surface area contributed by atoms with Crippen molar-refractivity contribution in [1.29, 1.82) is 0 Å². The van der Waals surface area contributed by atoms with Crippen molar-refractivity contribution in [3.05, 3.63) is 0 Å². The maximum atomic E-state index is 12.0. The highest BCUT2D eigenvalue weighted by molar-refractivity contribution is 7.90. The Morgan fingerprint density at radius 1 is 1.30 bits per heavy atom. The predicted octanol–water partition coefficient (Wildman–Crippen LogP) is -0.805. The number of carboxylic acid groups (broad SMARTS) is 1. The standard InChI is InChI=1S/C10H20N2O6S2/c1-19(15,16)8-4-6-11-20(17,18)12-7-3-2-5-9(12)10(13)14/h9,11H,2-8H2,1H3,(H,13,14). The number of aliphatic carboxylic acids is 1. The average molecular weight is 328 g/mol. The molecule has 1 atom stereocenters. The van der Waals surface area contributed by atoms with Gasteiger partial charge in [0.25, 0.3) is 10.2 Å². The van der Waals surface area contributed by atoms with E-state index in [1.54, 1.807) is 0 Å². The Morgan fingerprint density at radius 2 is 1.95 bits per heavy atom. The lowest BCUT2D eigenvalue weighted by Crippen LogP contribution is -2.52. The molecule has 1 heterocycles. The Hall–Kier alpha value is -0.710. The zero-order valence-corrected chi connectivity index (χ0v) is 12.9. The van der Waals surface area contributed by atoms with E-state index in [1.165, 1.54) is 0 Å². The first-order valence-corrected chi connectivity index (χ1v) is 9.80. The molecule has 2 N–H and O–H groups in total. The molecule has 1 aliphatic heterocycles. The Balaban J connectivity index is 2.60. The second-order valence-corrected chi connectivity index (χ2v) is 8.81. The second-order valence-electron chi connectivity index (χ2n) is 4.84. The number of nitrogens with one attached hydrogen (secondary N) is 1. The molecule has 20 heavy (non-hydrogen) atoms. The topological polar surface area (TPSA) is 121 Å². The van der Waals surface area contributed by atoms with Crippen molar-refractivity contribution in [2.45, 2.75) is 31.7 Å². The molecule has 1 aliphatic rings. The van der Waals surface area contributed by atoms with Gasteiger partial charge in [-0.2, -0.15) is 12.7 Å². The van der Waals surface area contributed by atoms with Gasteiger partial charge in [0.05, 0.1) is 5.75 Å². The maximum absolute atomic E-state index is 12.0. The summed E-state index contributed by atoms with van der Waals surface area (Å²) in [6, 6.07) is -1.05. The van der Waals surface area contributed by atoms with Gasteiger partial charge >= 0.3 is 5.97 Å². The zero-order chi connectivity index (χ0) is 15.4. The fourth-order valence-electron chi connectivity index (χ4n) is 2.06. The Bertz CT molecular complexity index is 542. The third-order valence-electron chi connectivity index (χ3n) is 3.02. The molecule has 1 rings (SSSR count). The number of sulfone groups is 1. The van der Waals surface area contributed by atoms with Gasteiger partial charge in [0, 0.05) is 19.3 Å². The number of carbonyl (C=O) groups is 1. The largest absolute Gasteiger partial charge is 0.480 e. The molecule has 0 amide bonds. The Labute approximate surface area is 119 Å². The molecule has 0 aromatic rings. The first-order valence-electron chi connectivity index (χ1n) is 6.30. The number of hydrogen-bond acceptors (Lipinski definition) is 5. The van der Waals surface area contributed by atoms with Gasteiger partial charge in [-0.25, -0.2) is 13.1 Å². The molecule has 0 radical (unpaired) electrons. The van der Waals surface area contributed by atoms with Crippen LogP contribution in [0.25, 0.3) is 0 Å². The summed E-state index contributed by atoms with van der Waals surface area (Å²) < 4.78 is 49.1. The van der Waals surface area contributed by atoms with Crippen molar-refractivity contribution >= 4 is 26.0 Å². The molecule has 1 unspecified atom stereocenters. The molecular formula is C10H20N2O6S2. The van der Waals surface area contributed by atoms with E-state index in [4.69, 9.17) is 5.11 Å².